The number of hydrogen-bond donors (Lipinski definition) is 1. The standard InChI is InChI=1S/C14H18N2O2/c1-17-9-11-3-2-4-14(7-11)18-10-13(8-15)16-12-5-6-12/h2-4,7,12-13,16H,5-6,9-10H2,1H3. The predicted octanol–water partition coefficient (Wildman–Crippen LogP) is 1.86. The minimum Gasteiger partial charge on any atom is -0.491 e. The smallest absolute Gasteiger partial charge is 0.130 e. The second-order valence-corrected chi connectivity index (χ2v) is 4.51. The molecule has 1 aromatic rings. The van der Waals surface area contributed by atoms with E-state index in [2.05, 4.69) is 11.4 Å². The van der Waals surface area contributed by atoms with E-state index in [1.807, 2.05) is 24.3 Å². The fourth-order valence-corrected chi connectivity index (χ4v) is 1.73. The zero-order valence-electron chi connectivity index (χ0n) is 10.6. The van der Waals surface area contributed by atoms with Gasteiger partial charge in [0.25, 0.3) is 0 Å². The topological polar surface area (TPSA) is 54.3 Å². The Hall–Kier alpha value is -1.57. The Labute approximate surface area is 108 Å². The minimum atomic E-state index is -0.233. The van der Waals surface area contributed by atoms with Gasteiger partial charge in [-0.05, 0) is 30.5 Å². The molecule has 1 N–H and O–H groups in total. The molecule has 0 saturated heterocycles. The lowest BCUT2D eigenvalue weighted by Crippen LogP contribution is -2.34. The maximum Gasteiger partial charge on any atom is 0.130 e. The van der Waals surface area contributed by atoms with Gasteiger partial charge in [0.2, 0.25) is 0 Å². The number of hydrogen-bond acceptors (Lipinski definition) is 4. The molecule has 0 radical (unpaired) electrons. The third-order valence-corrected chi connectivity index (χ3v) is 2.80. The summed E-state index contributed by atoms with van der Waals surface area (Å²) in [5.74, 6) is 0.780. The fourth-order valence-electron chi connectivity index (χ4n) is 1.73. The Kier molecular flexibility index (Phi) is 4.57. The van der Waals surface area contributed by atoms with E-state index in [-0.39, 0.29) is 6.04 Å². The van der Waals surface area contributed by atoms with Gasteiger partial charge in [0.05, 0.1) is 12.7 Å². The van der Waals surface area contributed by atoms with Gasteiger partial charge in [-0.3, -0.25) is 5.32 Å². The molecule has 0 aliphatic heterocycles. The minimum absolute atomic E-state index is 0.233. The second kappa shape index (κ2) is 6.39. The van der Waals surface area contributed by atoms with E-state index in [1.165, 1.54) is 12.8 Å². The Bertz CT molecular complexity index is 424. The average Bonchev–Trinajstić information content (AvgIpc) is 3.19. The summed E-state index contributed by atoms with van der Waals surface area (Å²) in [6.07, 6.45) is 2.34. The van der Waals surface area contributed by atoms with Crippen LogP contribution >= 0.6 is 0 Å². The zero-order valence-corrected chi connectivity index (χ0v) is 10.6. The van der Waals surface area contributed by atoms with Crippen molar-refractivity contribution in [1.29, 1.82) is 5.26 Å². The number of nitrogens with zero attached hydrogens (tertiary/aromatic N) is 1. The van der Waals surface area contributed by atoms with E-state index in [1.54, 1.807) is 7.11 Å². The highest BCUT2D eigenvalue weighted by Gasteiger charge is 2.24. The summed E-state index contributed by atoms with van der Waals surface area (Å²) in [5.41, 5.74) is 1.07. The van der Waals surface area contributed by atoms with Crippen molar-refractivity contribution in [3.63, 3.8) is 0 Å². The van der Waals surface area contributed by atoms with Crippen LogP contribution in [0.25, 0.3) is 0 Å². The highest BCUT2D eigenvalue weighted by Crippen LogP contribution is 2.20. The van der Waals surface area contributed by atoms with E-state index in [0.29, 0.717) is 19.3 Å². The van der Waals surface area contributed by atoms with Gasteiger partial charge in [0.15, 0.2) is 0 Å². The lowest BCUT2D eigenvalue weighted by molar-refractivity contribution is 0.184. The molecule has 0 aromatic heterocycles. The van der Waals surface area contributed by atoms with Gasteiger partial charge >= 0.3 is 0 Å². The van der Waals surface area contributed by atoms with Crippen molar-refractivity contribution in [2.75, 3.05) is 13.7 Å². The molecule has 1 atom stereocenters. The summed E-state index contributed by atoms with van der Waals surface area (Å²) < 4.78 is 10.7. The van der Waals surface area contributed by atoms with Crippen molar-refractivity contribution in [3.05, 3.63) is 29.8 Å². The van der Waals surface area contributed by atoms with Gasteiger partial charge < -0.3 is 9.47 Å². The monoisotopic (exact) mass is 246 g/mol. The summed E-state index contributed by atoms with van der Waals surface area (Å²) in [6.45, 7) is 0.947. The molecule has 96 valence electrons. The quantitative estimate of drug-likeness (QED) is 0.797. The normalized spacial score (nSPS) is 16.0. The molecule has 1 aliphatic rings. The van der Waals surface area contributed by atoms with Gasteiger partial charge in [-0.2, -0.15) is 5.26 Å². The van der Waals surface area contributed by atoms with Crippen molar-refractivity contribution in [3.8, 4) is 11.8 Å². The molecular weight excluding hydrogens is 228 g/mol. The number of benzene rings is 1. The molecule has 0 amide bonds. The highest BCUT2D eigenvalue weighted by atomic mass is 16.5. The van der Waals surface area contributed by atoms with Gasteiger partial charge in [0.1, 0.15) is 18.4 Å². The maximum absolute atomic E-state index is 9.01. The van der Waals surface area contributed by atoms with Crippen LogP contribution < -0.4 is 10.1 Å². The molecule has 1 aromatic carbocycles. The fraction of sp³-hybridized carbons (Fsp3) is 0.500. The number of rotatable bonds is 7. The van der Waals surface area contributed by atoms with Gasteiger partial charge in [0, 0.05) is 13.2 Å². The molecule has 0 spiro atoms. The van der Waals surface area contributed by atoms with E-state index >= 15 is 0 Å². The first-order chi connectivity index (χ1) is 8.81. The van der Waals surface area contributed by atoms with Crippen LogP contribution in [0.2, 0.25) is 0 Å². The zero-order chi connectivity index (χ0) is 12.8. The van der Waals surface area contributed by atoms with Crippen LogP contribution in [-0.4, -0.2) is 25.8 Å². The molecule has 18 heavy (non-hydrogen) atoms. The number of ether oxygens (including phenoxy) is 2. The first-order valence-electron chi connectivity index (χ1n) is 6.18. The Morgan fingerprint density at radius 1 is 1.50 bits per heavy atom. The summed E-state index contributed by atoms with van der Waals surface area (Å²) in [4.78, 5) is 0. The van der Waals surface area contributed by atoms with E-state index < -0.39 is 0 Å². The summed E-state index contributed by atoms with van der Waals surface area (Å²) in [5, 5.41) is 12.2. The van der Waals surface area contributed by atoms with E-state index in [0.717, 1.165) is 11.3 Å². The first kappa shape index (κ1) is 12.9. The SMILES string of the molecule is COCc1cccc(OCC(C#N)NC2CC2)c1. The average molecular weight is 246 g/mol. The molecule has 4 nitrogen and oxygen atoms in total. The predicted molar refractivity (Wildman–Crippen MR) is 68.2 cm³/mol. The summed E-state index contributed by atoms with van der Waals surface area (Å²) in [6, 6.07) is 10.3. The van der Waals surface area contributed by atoms with Gasteiger partial charge in [-0.1, -0.05) is 12.1 Å². The van der Waals surface area contributed by atoms with Crippen LogP contribution in [0.1, 0.15) is 18.4 Å². The molecule has 1 fully saturated rings. The molecule has 1 aliphatic carbocycles. The molecule has 1 saturated carbocycles. The van der Waals surface area contributed by atoms with Crippen molar-refractivity contribution in [2.45, 2.75) is 31.5 Å². The first-order valence-corrected chi connectivity index (χ1v) is 6.18. The summed E-state index contributed by atoms with van der Waals surface area (Å²) >= 11 is 0. The molecular formula is C14H18N2O2. The number of nitrogens with one attached hydrogen (secondary N) is 1. The van der Waals surface area contributed by atoms with E-state index in [4.69, 9.17) is 14.7 Å². The third kappa shape index (κ3) is 4.02. The Morgan fingerprint density at radius 2 is 2.33 bits per heavy atom. The largest absolute Gasteiger partial charge is 0.491 e. The van der Waals surface area contributed by atoms with E-state index in [9.17, 15) is 0 Å². The second-order valence-electron chi connectivity index (χ2n) is 4.51. The molecule has 4 heteroatoms. The molecule has 2 rings (SSSR count). The van der Waals surface area contributed by atoms with Crippen molar-refractivity contribution < 1.29 is 9.47 Å². The van der Waals surface area contributed by atoms with Crippen molar-refractivity contribution in [2.24, 2.45) is 0 Å². The maximum atomic E-state index is 9.01. The Balaban J connectivity index is 1.84. The van der Waals surface area contributed by atoms with Crippen LogP contribution in [0.4, 0.5) is 0 Å². The molecule has 0 heterocycles. The third-order valence-electron chi connectivity index (χ3n) is 2.80. The highest BCUT2D eigenvalue weighted by molar-refractivity contribution is 5.28. The van der Waals surface area contributed by atoms with Crippen LogP contribution in [0.3, 0.4) is 0 Å². The number of nitriles is 1. The number of methoxy groups -OCH3 is 1. The van der Waals surface area contributed by atoms with Crippen LogP contribution in [0.5, 0.6) is 5.75 Å². The molecule has 0 bridgehead atoms. The Morgan fingerprint density at radius 3 is 3.00 bits per heavy atom. The molecule has 1 unspecified atom stereocenters. The lowest BCUT2D eigenvalue weighted by Gasteiger charge is -2.13. The summed E-state index contributed by atoms with van der Waals surface area (Å²) in [7, 11) is 1.67. The lowest BCUT2D eigenvalue weighted by atomic mass is 10.2. The van der Waals surface area contributed by atoms with Gasteiger partial charge in [-0.15, -0.1) is 0 Å². The van der Waals surface area contributed by atoms with Crippen LogP contribution in [0.15, 0.2) is 24.3 Å². The van der Waals surface area contributed by atoms with Crippen molar-refractivity contribution >= 4 is 0 Å². The van der Waals surface area contributed by atoms with Crippen molar-refractivity contribution in [1.82, 2.24) is 5.32 Å². The van der Waals surface area contributed by atoms with Crippen LogP contribution in [-0.2, 0) is 11.3 Å². The van der Waals surface area contributed by atoms with Crippen LogP contribution in [0, 0.1) is 11.3 Å². The van der Waals surface area contributed by atoms with Gasteiger partial charge in [-0.25, -0.2) is 0 Å².